The lowest BCUT2D eigenvalue weighted by molar-refractivity contribution is -0.191. The molecule has 2 aliphatic heterocycles. The Balaban J connectivity index is 0.000000937. The zero-order valence-electron chi connectivity index (χ0n) is 20.6. The minimum Gasteiger partial charge on any atom is -0.480 e. The van der Waals surface area contributed by atoms with Crippen LogP contribution in [0.25, 0.3) is 5.70 Å². The van der Waals surface area contributed by atoms with Crippen LogP contribution < -0.4 is 9.64 Å². The summed E-state index contributed by atoms with van der Waals surface area (Å²) in [4.78, 5) is 23.3. The highest BCUT2D eigenvalue weighted by molar-refractivity contribution is 9.10. The Labute approximate surface area is 237 Å². The summed E-state index contributed by atoms with van der Waals surface area (Å²) in [5.74, 6) is 1.76. The van der Waals surface area contributed by atoms with Crippen molar-refractivity contribution in [3.8, 4) is 5.75 Å². The molecule has 1 aromatic heterocycles. The number of benzene rings is 3. The van der Waals surface area contributed by atoms with Crippen LogP contribution in [0.2, 0.25) is 0 Å². The molecule has 0 saturated heterocycles. The maximum atomic E-state index is 8.12. The van der Waals surface area contributed by atoms with E-state index in [1.807, 2.05) is 6.07 Å². The van der Waals surface area contributed by atoms with Gasteiger partial charge < -0.3 is 9.64 Å². The van der Waals surface area contributed by atoms with Crippen LogP contribution in [-0.4, -0.2) is 27.5 Å². The molecule has 0 saturated carbocycles. The molecule has 3 aromatic carbocycles. The Morgan fingerprint density at radius 1 is 0.921 bits per heavy atom. The normalized spacial score (nSPS) is 17.3. The van der Waals surface area contributed by atoms with Crippen molar-refractivity contribution in [1.82, 2.24) is 14.8 Å². The van der Waals surface area contributed by atoms with Crippen LogP contribution in [0.1, 0.15) is 48.6 Å². The molecule has 2 aliphatic rings. The summed E-state index contributed by atoms with van der Waals surface area (Å²) in [5.41, 5.74) is 5.72. The zero-order valence-corrected chi connectivity index (χ0v) is 23.7. The van der Waals surface area contributed by atoms with Crippen molar-refractivity contribution in [2.75, 3.05) is 11.4 Å². The summed E-state index contributed by atoms with van der Waals surface area (Å²) in [6.07, 6.45) is 3.80. The van der Waals surface area contributed by atoms with Crippen LogP contribution in [0.5, 0.6) is 5.75 Å². The molecule has 0 radical (unpaired) electrons. The molecule has 192 valence electrons. The van der Waals surface area contributed by atoms with Gasteiger partial charge in [-0.25, -0.2) is 4.68 Å². The van der Waals surface area contributed by atoms with Gasteiger partial charge in [-0.15, -0.1) is 0 Å². The molecule has 9 heteroatoms. The Bertz CT molecular complexity index is 1490. The lowest BCUT2D eigenvalue weighted by atomic mass is 9.84. The Hall–Kier alpha value is -3.52. The highest BCUT2D eigenvalue weighted by Gasteiger charge is 2.43. The number of para-hydroxylation sites is 1. The number of ether oxygens (including phenoxy) is 1. The number of hydrogen-bond acceptors (Lipinski definition) is 6. The smallest absolute Gasteiger partial charge is 0.373 e. The van der Waals surface area contributed by atoms with Gasteiger partial charge in [-0.1, -0.05) is 81.6 Å². The van der Waals surface area contributed by atoms with Crippen molar-refractivity contribution in [2.45, 2.75) is 31.9 Å². The lowest BCUT2D eigenvalue weighted by Crippen LogP contribution is -2.39. The molecule has 0 spiro atoms. The highest BCUT2D eigenvalue weighted by Crippen LogP contribution is 2.52. The molecule has 4 aromatic rings. The first-order chi connectivity index (χ1) is 18.6. The summed E-state index contributed by atoms with van der Waals surface area (Å²) in [6.45, 7) is 3.08. The van der Waals surface area contributed by atoms with Crippen LogP contribution in [0.15, 0.2) is 93.6 Å². The van der Waals surface area contributed by atoms with Crippen LogP contribution in [0.3, 0.4) is 0 Å². The van der Waals surface area contributed by atoms with Gasteiger partial charge in [-0.3, -0.25) is 0 Å². The van der Waals surface area contributed by atoms with Crippen molar-refractivity contribution < 1.29 is 14.3 Å². The van der Waals surface area contributed by atoms with Crippen molar-refractivity contribution in [2.24, 2.45) is 0 Å². The maximum Gasteiger partial charge on any atom is 0.373 e. The van der Waals surface area contributed by atoms with E-state index >= 15 is 0 Å². The Morgan fingerprint density at radius 3 is 2.21 bits per heavy atom. The van der Waals surface area contributed by atoms with Crippen molar-refractivity contribution >= 4 is 49.7 Å². The molecule has 38 heavy (non-hydrogen) atoms. The number of carbonyl (C=O) groups excluding carboxylic acids is 2. The molecule has 3 heterocycles. The fourth-order valence-corrected chi connectivity index (χ4v) is 5.57. The van der Waals surface area contributed by atoms with E-state index in [1.54, 1.807) is 6.33 Å². The summed E-state index contributed by atoms with van der Waals surface area (Å²) < 4.78 is 10.9. The number of rotatable bonds is 5. The predicted molar refractivity (Wildman–Crippen MR) is 150 cm³/mol. The van der Waals surface area contributed by atoms with Gasteiger partial charge in [-0.2, -0.15) is 19.7 Å². The van der Waals surface area contributed by atoms with E-state index in [2.05, 4.69) is 115 Å². The van der Waals surface area contributed by atoms with Gasteiger partial charge >= 0.3 is 6.15 Å². The SMILES string of the molecule is CCCCN1C2=C(C(c3ccc(Br)cc3)Oc3ccccc32)[C@H](c2ccc(Br)cc2)n2ncnc21.O=C=O. The topological polar surface area (TPSA) is 77.3 Å². The molecular weight excluding hydrogens is 612 g/mol. The minimum absolute atomic E-state index is 0.143. The molecule has 0 N–H and O–H groups in total. The first-order valence-electron chi connectivity index (χ1n) is 12.2. The quantitative estimate of drug-likeness (QED) is 0.236. The average molecular weight is 636 g/mol. The van der Waals surface area contributed by atoms with E-state index in [0.717, 1.165) is 56.7 Å². The standard InChI is InChI=1S/C28H24Br2N4O.CO2/c1-2-3-16-33-26-22-6-4-5-7-23(22)35-27(19-10-14-21(30)15-11-19)24(26)25(34-28(33)31-17-32-34)18-8-12-20(29)13-9-18;2-1-3/h4-15,17,25,27H,2-3,16H2,1H3;/t25-,27?;/m0./s1. The summed E-state index contributed by atoms with van der Waals surface area (Å²) in [6, 6.07) is 25.1. The van der Waals surface area contributed by atoms with Crippen LogP contribution in [0.4, 0.5) is 5.95 Å². The lowest BCUT2D eigenvalue weighted by Gasteiger charge is -2.43. The number of aromatic nitrogens is 3. The van der Waals surface area contributed by atoms with Crippen LogP contribution in [0, 0.1) is 0 Å². The molecule has 0 aliphatic carbocycles. The van der Waals surface area contributed by atoms with Gasteiger partial charge in [0.15, 0.2) is 0 Å². The minimum atomic E-state index is -0.261. The van der Waals surface area contributed by atoms with E-state index in [0.29, 0.717) is 0 Å². The first kappa shape index (κ1) is 26.1. The van der Waals surface area contributed by atoms with Gasteiger partial charge in [0.1, 0.15) is 24.2 Å². The second-order valence-corrected chi connectivity index (χ2v) is 10.7. The number of nitrogens with zero attached hydrogens (tertiary/aromatic N) is 4. The zero-order chi connectivity index (χ0) is 26.6. The molecule has 6 rings (SSSR count). The van der Waals surface area contributed by atoms with E-state index < -0.39 is 0 Å². The van der Waals surface area contributed by atoms with E-state index in [-0.39, 0.29) is 18.3 Å². The molecule has 0 fully saturated rings. The van der Waals surface area contributed by atoms with E-state index in [1.165, 1.54) is 11.3 Å². The number of unbranched alkanes of at least 4 members (excludes halogenated alkanes) is 1. The second-order valence-electron chi connectivity index (χ2n) is 8.90. The van der Waals surface area contributed by atoms with Gasteiger partial charge in [-0.05, 0) is 53.9 Å². The van der Waals surface area contributed by atoms with Gasteiger partial charge in [0.05, 0.1) is 5.70 Å². The third-order valence-corrected chi connectivity index (χ3v) is 7.70. The molecule has 0 bridgehead atoms. The van der Waals surface area contributed by atoms with Crippen molar-refractivity contribution in [1.29, 1.82) is 0 Å². The van der Waals surface area contributed by atoms with Gasteiger partial charge in [0, 0.05) is 26.6 Å². The predicted octanol–water partition coefficient (Wildman–Crippen LogP) is 6.97. The molecule has 1 unspecified atom stereocenters. The largest absolute Gasteiger partial charge is 0.480 e. The number of hydrogen-bond donors (Lipinski definition) is 0. The van der Waals surface area contributed by atoms with Crippen molar-refractivity contribution in [3.63, 3.8) is 0 Å². The summed E-state index contributed by atoms with van der Waals surface area (Å²) in [5, 5.41) is 4.74. The maximum absolute atomic E-state index is 8.12. The molecule has 2 atom stereocenters. The summed E-state index contributed by atoms with van der Waals surface area (Å²) >= 11 is 7.18. The average Bonchev–Trinajstić information content (AvgIpc) is 3.42. The third-order valence-electron chi connectivity index (χ3n) is 6.64. The third kappa shape index (κ3) is 4.85. The molecular formula is C29H24Br2N4O3. The van der Waals surface area contributed by atoms with E-state index in [9.17, 15) is 0 Å². The van der Waals surface area contributed by atoms with Crippen LogP contribution >= 0.6 is 31.9 Å². The van der Waals surface area contributed by atoms with Crippen molar-refractivity contribution in [3.05, 3.63) is 110 Å². The first-order valence-corrected chi connectivity index (χ1v) is 13.8. The van der Waals surface area contributed by atoms with Gasteiger partial charge in [0.25, 0.3) is 0 Å². The fraction of sp³-hybridized carbons (Fsp3) is 0.207. The Kier molecular flexibility index (Phi) is 7.88. The highest BCUT2D eigenvalue weighted by atomic mass is 79.9. The van der Waals surface area contributed by atoms with E-state index in [4.69, 9.17) is 24.4 Å². The Morgan fingerprint density at radius 2 is 1.55 bits per heavy atom. The number of fused-ring (bicyclic) bond motifs is 3. The number of anilines is 1. The number of halogens is 2. The second kappa shape index (κ2) is 11.5. The summed E-state index contributed by atoms with van der Waals surface area (Å²) in [7, 11) is 0. The molecule has 0 amide bonds. The monoisotopic (exact) mass is 634 g/mol. The van der Waals surface area contributed by atoms with Gasteiger partial charge in [0.2, 0.25) is 5.95 Å². The fourth-order valence-electron chi connectivity index (χ4n) is 5.04. The molecule has 7 nitrogen and oxygen atoms in total. The van der Waals surface area contributed by atoms with Crippen LogP contribution in [-0.2, 0) is 9.59 Å².